The van der Waals surface area contributed by atoms with Crippen LogP contribution in [0, 0.1) is 0 Å². The van der Waals surface area contributed by atoms with Crippen LogP contribution in [0.5, 0.6) is 0 Å². The Labute approximate surface area is 133 Å². The van der Waals surface area contributed by atoms with Crippen molar-refractivity contribution in [2.75, 3.05) is 0 Å². The first kappa shape index (κ1) is 17.2. The summed E-state index contributed by atoms with van der Waals surface area (Å²) in [6, 6.07) is 6.54. The molecule has 0 amide bonds. The molecule has 0 radical (unpaired) electrons. The van der Waals surface area contributed by atoms with Crippen molar-refractivity contribution in [3.8, 4) is 0 Å². The van der Waals surface area contributed by atoms with Gasteiger partial charge in [0.05, 0.1) is 0 Å². The van der Waals surface area contributed by atoms with E-state index in [4.69, 9.17) is 5.84 Å². The van der Waals surface area contributed by atoms with E-state index >= 15 is 0 Å². The van der Waals surface area contributed by atoms with E-state index in [2.05, 4.69) is 56.3 Å². The van der Waals surface area contributed by atoms with Gasteiger partial charge in [-0.1, -0.05) is 77.3 Å². The molecule has 0 aliphatic rings. The third-order valence-electron chi connectivity index (χ3n) is 3.33. The number of hydrazine groups is 1. The van der Waals surface area contributed by atoms with Gasteiger partial charge < -0.3 is 0 Å². The van der Waals surface area contributed by atoms with Crippen LogP contribution in [0.4, 0.5) is 0 Å². The fourth-order valence-corrected chi connectivity index (χ4v) is 3.58. The molecule has 0 spiro atoms. The van der Waals surface area contributed by atoms with E-state index in [1.54, 1.807) is 0 Å². The van der Waals surface area contributed by atoms with Crippen molar-refractivity contribution < 1.29 is 0 Å². The molecular formula is C15H24Br2N2. The first-order chi connectivity index (χ1) is 9.17. The molecule has 4 heteroatoms. The van der Waals surface area contributed by atoms with Crippen molar-refractivity contribution >= 4 is 31.9 Å². The summed E-state index contributed by atoms with van der Waals surface area (Å²) in [6.45, 7) is 2.25. The number of nitrogens with two attached hydrogens (primary N) is 1. The lowest BCUT2D eigenvalue weighted by Gasteiger charge is -2.17. The van der Waals surface area contributed by atoms with Crippen LogP contribution in [-0.4, -0.2) is 0 Å². The number of benzene rings is 1. The lowest BCUT2D eigenvalue weighted by atomic mass is 10.0. The smallest absolute Gasteiger partial charge is 0.0460 e. The molecule has 0 fully saturated rings. The summed E-state index contributed by atoms with van der Waals surface area (Å²) in [5.41, 5.74) is 4.17. The van der Waals surface area contributed by atoms with Gasteiger partial charge >= 0.3 is 0 Å². The Morgan fingerprint density at radius 2 is 1.58 bits per heavy atom. The molecular weight excluding hydrogens is 368 g/mol. The second-order valence-corrected chi connectivity index (χ2v) is 6.81. The summed E-state index contributed by atoms with van der Waals surface area (Å²) in [4.78, 5) is 0. The Bertz CT molecular complexity index is 349. The molecule has 0 saturated heterocycles. The van der Waals surface area contributed by atoms with Gasteiger partial charge in [-0.25, -0.2) is 0 Å². The number of nitrogens with one attached hydrogen (secondary N) is 1. The molecule has 1 aromatic rings. The minimum Gasteiger partial charge on any atom is -0.271 e. The Morgan fingerprint density at radius 1 is 1.00 bits per heavy atom. The normalized spacial score (nSPS) is 12.6. The molecule has 1 unspecified atom stereocenters. The summed E-state index contributed by atoms with van der Waals surface area (Å²) < 4.78 is 2.17. The molecule has 2 nitrogen and oxygen atoms in total. The van der Waals surface area contributed by atoms with Crippen LogP contribution < -0.4 is 11.3 Å². The first-order valence-electron chi connectivity index (χ1n) is 7.09. The Hall–Kier alpha value is 0.1000. The molecule has 108 valence electrons. The maximum atomic E-state index is 5.69. The standard InChI is InChI=1S/C15H24Br2N2/c1-2-3-4-5-6-7-8-15(19-18)12-9-13(16)11-14(17)10-12/h9-11,15,19H,2-8,18H2,1H3. The van der Waals surface area contributed by atoms with Crippen LogP contribution in [-0.2, 0) is 0 Å². The highest BCUT2D eigenvalue weighted by Crippen LogP contribution is 2.26. The largest absolute Gasteiger partial charge is 0.271 e. The number of hydrogen-bond acceptors (Lipinski definition) is 2. The van der Waals surface area contributed by atoms with Crippen LogP contribution in [0.2, 0.25) is 0 Å². The van der Waals surface area contributed by atoms with Crippen molar-refractivity contribution in [2.24, 2.45) is 5.84 Å². The predicted molar refractivity (Wildman–Crippen MR) is 89.9 cm³/mol. The summed E-state index contributed by atoms with van der Waals surface area (Å²) in [5, 5.41) is 0. The summed E-state index contributed by atoms with van der Waals surface area (Å²) >= 11 is 7.04. The average Bonchev–Trinajstić information content (AvgIpc) is 2.37. The highest BCUT2D eigenvalue weighted by Gasteiger charge is 2.10. The minimum atomic E-state index is 0.236. The topological polar surface area (TPSA) is 38.0 Å². The fourth-order valence-electron chi connectivity index (χ4n) is 2.25. The SMILES string of the molecule is CCCCCCCCC(NN)c1cc(Br)cc(Br)c1. The zero-order chi connectivity index (χ0) is 14.1. The molecule has 3 N–H and O–H groups in total. The predicted octanol–water partition coefficient (Wildman–Crippen LogP) is 5.47. The van der Waals surface area contributed by atoms with Gasteiger partial charge in [0.1, 0.15) is 0 Å². The zero-order valence-electron chi connectivity index (χ0n) is 11.6. The molecule has 0 bridgehead atoms. The van der Waals surface area contributed by atoms with E-state index < -0.39 is 0 Å². The van der Waals surface area contributed by atoms with Gasteiger partial charge in [-0.15, -0.1) is 0 Å². The van der Waals surface area contributed by atoms with Crippen molar-refractivity contribution in [1.82, 2.24) is 5.43 Å². The molecule has 0 aliphatic carbocycles. The second kappa shape index (κ2) is 9.92. The van der Waals surface area contributed by atoms with Crippen molar-refractivity contribution in [1.29, 1.82) is 0 Å². The number of unbranched alkanes of at least 4 members (excludes halogenated alkanes) is 5. The Balaban J connectivity index is 2.40. The van der Waals surface area contributed by atoms with Crippen LogP contribution in [0.1, 0.15) is 63.5 Å². The monoisotopic (exact) mass is 390 g/mol. The van der Waals surface area contributed by atoms with Gasteiger partial charge in [-0.3, -0.25) is 11.3 Å². The first-order valence-corrected chi connectivity index (χ1v) is 8.68. The Kier molecular flexibility index (Phi) is 8.95. The maximum Gasteiger partial charge on any atom is 0.0460 e. The van der Waals surface area contributed by atoms with E-state index in [9.17, 15) is 0 Å². The average molecular weight is 392 g/mol. The molecule has 0 heterocycles. The number of halogens is 2. The van der Waals surface area contributed by atoms with Crippen LogP contribution >= 0.6 is 31.9 Å². The lowest BCUT2D eigenvalue weighted by molar-refractivity contribution is 0.477. The zero-order valence-corrected chi connectivity index (χ0v) is 14.8. The van der Waals surface area contributed by atoms with E-state index in [0.717, 1.165) is 15.4 Å². The van der Waals surface area contributed by atoms with E-state index in [1.807, 2.05) is 6.07 Å². The minimum absolute atomic E-state index is 0.236. The lowest BCUT2D eigenvalue weighted by Crippen LogP contribution is -2.28. The van der Waals surface area contributed by atoms with E-state index in [-0.39, 0.29) is 6.04 Å². The van der Waals surface area contributed by atoms with Gasteiger partial charge in [-0.2, -0.15) is 0 Å². The van der Waals surface area contributed by atoms with Gasteiger partial charge in [-0.05, 0) is 30.2 Å². The van der Waals surface area contributed by atoms with Crippen LogP contribution in [0.3, 0.4) is 0 Å². The highest BCUT2D eigenvalue weighted by molar-refractivity contribution is 9.11. The molecule has 1 rings (SSSR count). The fraction of sp³-hybridized carbons (Fsp3) is 0.600. The molecule has 0 saturated carbocycles. The van der Waals surface area contributed by atoms with Crippen molar-refractivity contribution in [3.63, 3.8) is 0 Å². The molecule has 1 aromatic carbocycles. The third-order valence-corrected chi connectivity index (χ3v) is 4.25. The van der Waals surface area contributed by atoms with Crippen LogP contribution in [0.25, 0.3) is 0 Å². The maximum absolute atomic E-state index is 5.69. The highest BCUT2D eigenvalue weighted by atomic mass is 79.9. The summed E-state index contributed by atoms with van der Waals surface area (Å²) in [6.07, 6.45) is 8.98. The summed E-state index contributed by atoms with van der Waals surface area (Å²) in [5.74, 6) is 5.69. The van der Waals surface area contributed by atoms with Gasteiger partial charge in [0.2, 0.25) is 0 Å². The Morgan fingerprint density at radius 3 is 2.16 bits per heavy atom. The quantitative estimate of drug-likeness (QED) is 0.333. The number of hydrogen-bond donors (Lipinski definition) is 2. The van der Waals surface area contributed by atoms with Crippen LogP contribution in [0.15, 0.2) is 27.1 Å². The molecule has 1 atom stereocenters. The summed E-state index contributed by atoms with van der Waals surface area (Å²) in [7, 11) is 0. The van der Waals surface area contributed by atoms with Gasteiger partial charge in [0, 0.05) is 15.0 Å². The van der Waals surface area contributed by atoms with Crippen molar-refractivity contribution in [3.05, 3.63) is 32.7 Å². The van der Waals surface area contributed by atoms with Gasteiger partial charge in [0.15, 0.2) is 0 Å². The van der Waals surface area contributed by atoms with E-state index in [1.165, 1.54) is 44.1 Å². The third kappa shape index (κ3) is 6.89. The number of rotatable bonds is 9. The molecule has 19 heavy (non-hydrogen) atoms. The van der Waals surface area contributed by atoms with E-state index in [0.29, 0.717) is 0 Å². The van der Waals surface area contributed by atoms with Gasteiger partial charge in [0.25, 0.3) is 0 Å². The van der Waals surface area contributed by atoms with Crippen molar-refractivity contribution in [2.45, 2.75) is 57.9 Å². The second-order valence-electron chi connectivity index (χ2n) is 4.98. The molecule has 0 aromatic heterocycles. The molecule has 0 aliphatic heterocycles.